The summed E-state index contributed by atoms with van der Waals surface area (Å²) in [5, 5.41) is 1.24. The van der Waals surface area contributed by atoms with E-state index >= 15 is 0 Å². The van der Waals surface area contributed by atoms with Crippen molar-refractivity contribution in [2.45, 2.75) is 32.6 Å². The Kier molecular flexibility index (Phi) is 7.66. The third-order valence-corrected chi connectivity index (χ3v) is 7.31. The van der Waals surface area contributed by atoms with Crippen LogP contribution < -0.4 is 0 Å². The molecule has 0 aliphatic carbocycles. The van der Waals surface area contributed by atoms with Gasteiger partial charge in [-0.2, -0.15) is 4.31 Å². The van der Waals surface area contributed by atoms with E-state index in [0.717, 1.165) is 18.4 Å². The number of ether oxygens (including phenoxy) is 1. The highest BCUT2D eigenvalue weighted by Crippen LogP contribution is 2.26. The average Bonchev–Trinajstić information content (AvgIpc) is 2.78. The molecular weight excluding hydrogens is 404 g/mol. The van der Waals surface area contributed by atoms with Gasteiger partial charge in [-0.3, -0.25) is 9.59 Å². The number of likely N-dealkylation sites (tertiary alicyclic amines) is 1. The molecule has 1 amide bonds. The maximum atomic E-state index is 12.9. The number of hydrogen-bond donors (Lipinski definition) is 0. The Hall–Kier alpha value is -2.19. The molecule has 164 valence electrons. The Morgan fingerprint density at radius 2 is 1.77 bits per heavy atom. The molecule has 1 aromatic rings. The lowest BCUT2D eigenvalue weighted by Crippen LogP contribution is -2.48. The number of rotatable bonds is 6. The maximum absolute atomic E-state index is 12.9. The van der Waals surface area contributed by atoms with E-state index in [9.17, 15) is 18.0 Å². The Morgan fingerprint density at radius 3 is 2.43 bits per heavy atom. The van der Waals surface area contributed by atoms with Gasteiger partial charge in [0.15, 0.2) is 0 Å². The average molecular weight is 435 g/mol. The first-order chi connectivity index (χ1) is 14.4. The molecule has 1 aromatic carbocycles. The van der Waals surface area contributed by atoms with E-state index in [0.29, 0.717) is 45.6 Å². The van der Waals surface area contributed by atoms with Crippen LogP contribution in [0.15, 0.2) is 35.7 Å². The van der Waals surface area contributed by atoms with Crippen molar-refractivity contribution in [3.05, 3.63) is 41.3 Å². The second-order valence-electron chi connectivity index (χ2n) is 7.81. The van der Waals surface area contributed by atoms with Gasteiger partial charge < -0.3 is 9.64 Å². The van der Waals surface area contributed by atoms with Gasteiger partial charge in [-0.25, -0.2) is 8.42 Å². The molecule has 2 aliphatic heterocycles. The van der Waals surface area contributed by atoms with Crippen molar-refractivity contribution in [1.29, 1.82) is 0 Å². The number of piperidine rings is 2. The summed E-state index contributed by atoms with van der Waals surface area (Å²) in [6.45, 7) is 3.82. The van der Waals surface area contributed by atoms with E-state index in [1.54, 1.807) is 17.9 Å². The van der Waals surface area contributed by atoms with E-state index in [-0.39, 0.29) is 23.7 Å². The van der Waals surface area contributed by atoms with Crippen LogP contribution in [-0.2, 0) is 24.3 Å². The number of sulfonamides is 1. The monoisotopic (exact) mass is 434 g/mol. The van der Waals surface area contributed by atoms with Crippen LogP contribution >= 0.6 is 0 Å². The molecule has 0 N–H and O–H groups in total. The predicted octanol–water partition coefficient (Wildman–Crippen LogP) is 2.50. The molecule has 0 spiro atoms. The molecular formula is C22H30N2O5S. The number of hydrogen-bond acceptors (Lipinski definition) is 5. The van der Waals surface area contributed by atoms with E-state index in [1.165, 1.54) is 9.71 Å². The molecule has 2 saturated heterocycles. The minimum absolute atomic E-state index is 0.0286. The lowest BCUT2D eigenvalue weighted by atomic mass is 9.93. The topological polar surface area (TPSA) is 84.0 Å². The Labute approximate surface area is 178 Å². The molecule has 7 nitrogen and oxygen atoms in total. The van der Waals surface area contributed by atoms with Gasteiger partial charge in [0.2, 0.25) is 15.9 Å². The maximum Gasteiger partial charge on any atom is 0.310 e. The Bertz CT molecular complexity index is 861. The zero-order chi connectivity index (χ0) is 21.6. The smallest absolute Gasteiger partial charge is 0.310 e. The molecule has 0 bridgehead atoms. The van der Waals surface area contributed by atoms with Crippen molar-refractivity contribution in [3.63, 3.8) is 0 Å². The fourth-order valence-corrected chi connectivity index (χ4v) is 5.28. The second kappa shape index (κ2) is 10.2. The molecule has 0 radical (unpaired) electrons. The summed E-state index contributed by atoms with van der Waals surface area (Å²) in [5.41, 5.74) is 0.826. The van der Waals surface area contributed by atoms with Crippen LogP contribution in [0.25, 0.3) is 6.08 Å². The van der Waals surface area contributed by atoms with E-state index in [1.807, 2.05) is 30.3 Å². The van der Waals surface area contributed by atoms with E-state index in [4.69, 9.17) is 4.74 Å². The Balaban J connectivity index is 1.54. The first-order valence-corrected chi connectivity index (χ1v) is 12.1. The summed E-state index contributed by atoms with van der Waals surface area (Å²) in [4.78, 5) is 26.7. The van der Waals surface area contributed by atoms with Gasteiger partial charge in [-0.15, -0.1) is 0 Å². The molecule has 0 aromatic heterocycles. The summed E-state index contributed by atoms with van der Waals surface area (Å²) in [7, 11) is -3.52. The fraction of sp³-hybridized carbons (Fsp3) is 0.545. The largest absolute Gasteiger partial charge is 0.466 e. The van der Waals surface area contributed by atoms with Crippen LogP contribution in [0.1, 0.15) is 38.2 Å². The van der Waals surface area contributed by atoms with Crippen LogP contribution in [0.2, 0.25) is 0 Å². The molecule has 2 aliphatic rings. The minimum atomic E-state index is -3.52. The van der Waals surface area contributed by atoms with Gasteiger partial charge in [0.1, 0.15) is 0 Å². The molecule has 8 heteroatoms. The highest BCUT2D eigenvalue weighted by molar-refractivity contribution is 7.92. The van der Waals surface area contributed by atoms with Gasteiger partial charge in [0, 0.05) is 37.5 Å². The molecule has 2 fully saturated rings. The molecule has 30 heavy (non-hydrogen) atoms. The predicted molar refractivity (Wildman–Crippen MR) is 115 cm³/mol. The van der Waals surface area contributed by atoms with Crippen molar-refractivity contribution >= 4 is 28.0 Å². The number of esters is 1. The highest BCUT2D eigenvalue weighted by atomic mass is 32.2. The number of carbonyl (C=O) groups is 2. The third kappa shape index (κ3) is 5.70. The van der Waals surface area contributed by atoms with Crippen molar-refractivity contribution in [2.24, 2.45) is 11.8 Å². The van der Waals surface area contributed by atoms with E-state index in [2.05, 4.69) is 0 Å². The van der Waals surface area contributed by atoms with Crippen LogP contribution in [0.3, 0.4) is 0 Å². The van der Waals surface area contributed by atoms with Crippen molar-refractivity contribution < 1.29 is 22.7 Å². The van der Waals surface area contributed by atoms with Gasteiger partial charge in [-0.05, 0) is 44.2 Å². The van der Waals surface area contributed by atoms with Crippen molar-refractivity contribution in [2.75, 3.05) is 32.8 Å². The molecule has 2 heterocycles. The quantitative estimate of drug-likeness (QED) is 0.643. The number of amides is 1. The lowest BCUT2D eigenvalue weighted by Gasteiger charge is -2.36. The van der Waals surface area contributed by atoms with Gasteiger partial charge in [0.25, 0.3) is 0 Å². The first-order valence-electron chi connectivity index (χ1n) is 10.6. The van der Waals surface area contributed by atoms with Crippen molar-refractivity contribution in [3.8, 4) is 0 Å². The van der Waals surface area contributed by atoms with Crippen LogP contribution in [0.4, 0.5) is 0 Å². The molecule has 0 saturated carbocycles. The van der Waals surface area contributed by atoms with Crippen LogP contribution in [-0.4, -0.2) is 62.3 Å². The summed E-state index contributed by atoms with van der Waals surface area (Å²) < 4.78 is 31.8. The molecule has 1 unspecified atom stereocenters. The summed E-state index contributed by atoms with van der Waals surface area (Å²) >= 11 is 0. The first kappa shape index (κ1) is 22.5. The SMILES string of the molecule is CCOC(=O)C1CCCN(C(=O)C2CCN(S(=O)(=O)/C=C/c3ccccc3)CC2)C1. The zero-order valence-electron chi connectivity index (χ0n) is 17.4. The second-order valence-corrected chi connectivity index (χ2v) is 9.63. The summed E-state index contributed by atoms with van der Waals surface area (Å²) in [5.74, 6) is -0.663. The molecule has 3 rings (SSSR count). The van der Waals surface area contributed by atoms with Gasteiger partial charge in [0.05, 0.1) is 12.5 Å². The highest BCUT2D eigenvalue weighted by Gasteiger charge is 2.35. The van der Waals surface area contributed by atoms with Gasteiger partial charge in [-0.1, -0.05) is 30.3 Å². The number of carbonyl (C=O) groups excluding carboxylic acids is 2. The van der Waals surface area contributed by atoms with Gasteiger partial charge >= 0.3 is 5.97 Å². The minimum Gasteiger partial charge on any atom is -0.466 e. The summed E-state index contributed by atoms with van der Waals surface area (Å²) in [6, 6.07) is 9.29. The Morgan fingerprint density at radius 1 is 1.07 bits per heavy atom. The number of nitrogens with zero attached hydrogens (tertiary/aromatic N) is 2. The van der Waals surface area contributed by atoms with Crippen molar-refractivity contribution in [1.82, 2.24) is 9.21 Å². The number of benzene rings is 1. The van der Waals surface area contributed by atoms with E-state index < -0.39 is 10.0 Å². The summed E-state index contributed by atoms with van der Waals surface area (Å²) in [6.07, 6.45) is 4.12. The zero-order valence-corrected chi connectivity index (χ0v) is 18.2. The van der Waals surface area contributed by atoms with Crippen LogP contribution in [0.5, 0.6) is 0 Å². The third-order valence-electron chi connectivity index (χ3n) is 5.75. The molecule has 1 atom stereocenters. The standard InChI is InChI=1S/C22H30N2O5S/c1-2-29-22(26)20-9-6-13-23(17-20)21(25)19-10-14-24(15-11-19)30(27,28)16-12-18-7-4-3-5-8-18/h3-5,7-8,12,16,19-20H,2,6,9-11,13-15,17H2,1H3/b16-12+. The fourth-order valence-electron chi connectivity index (χ4n) is 4.06. The lowest BCUT2D eigenvalue weighted by molar-refractivity contribution is -0.152. The normalized spacial score (nSPS) is 21.6. The van der Waals surface area contributed by atoms with Crippen LogP contribution in [0, 0.1) is 11.8 Å².